The van der Waals surface area contributed by atoms with Gasteiger partial charge in [0, 0.05) is 57.6 Å². The van der Waals surface area contributed by atoms with Crippen LogP contribution in [0.5, 0.6) is 0 Å². The zero-order valence-corrected chi connectivity index (χ0v) is 12.7. The molecule has 1 aliphatic heterocycles. The summed E-state index contributed by atoms with van der Waals surface area (Å²) in [5.41, 5.74) is 2.54. The quantitative estimate of drug-likeness (QED) is 0.832. The van der Waals surface area contributed by atoms with Crippen LogP contribution in [0.1, 0.15) is 18.2 Å². The molecule has 5 nitrogen and oxygen atoms in total. The minimum atomic E-state index is 0.612. The van der Waals surface area contributed by atoms with E-state index < -0.39 is 0 Å². The summed E-state index contributed by atoms with van der Waals surface area (Å²) in [5.74, 6) is 0. The van der Waals surface area contributed by atoms with Crippen molar-refractivity contribution in [2.75, 3.05) is 40.3 Å². The maximum atomic E-state index is 4.48. The first-order valence-corrected chi connectivity index (χ1v) is 7.21. The van der Waals surface area contributed by atoms with E-state index in [0.29, 0.717) is 6.04 Å². The monoisotopic (exact) mass is 265 g/mol. The first-order valence-electron chi connectivity index (χ1n) is 7.21. The number of likely N-dealkylation sites (N-methyl/N-ethyl adjacent to an activating group) is 2. The summed E-state index contributed by atoms with van der Waals surface area (Å²) in [6, 6.07) is 0.612. The van der Waals surface area contributed by atoms with Gasteiger partial charge in [0.25, 0.3) is 0 Å². The molecule has 0 saturated carbocycles. The molecule has 1 aliphatic rings. The minimum absolute atomic E-state index is 0.612. The Bertz CT molecular complexity index is 401. The highest BCUT2D eigenvalue weighted by atomic mass is 15.3. The van der Waals surface area contributed by atoms with Gasteiger partial charge in [-0.3, -0.25) is 9.58 Å². The fourth-order valence-electron chi connectivity index (χ4n) is 2.72. The topological polar surface area (TPSA) is 36.3 Å². The molecule has 1 saturated heterocycles. The van der Waals surface area contributed by atoms with Crippen molar-refractivity contribution in [3.05, 3.63) is 17.5 Å². The van der Waals surface area contributed by atoms with Crippen molar-refractivity contribution in [3.63, 3.8) is 0 Å². The number of rotatable bonds is 5. The Hall–Kier alpha value is -0.910. The maximum absolute atomic E-state index is 4.48. The molecule has 1 aromatic heterocycles. The smallest absolute Gasteiger partial charge is 0.0666 e. The molecular weight excluding hydrogens is 238 g/mol. The number of aromatic nitrogens is 2. The average Bonchev–Trinajstić information content (AvgIpc) is 2.74. The molecule has 0 aromatic carbocycles. The normalized spacial score (nSPS) is 22.0. The van der Waals surface area contributed by atoms with E-state index in [-0.39, 0.29) is 0 Å². The Labute approximate surface area is 116 Å². The van der Waals surface area contributed by atoms with E-state index >= 15 is 0 Å². The Kier molecular flexibility index (Phi) is 4.96. The van der Waals surface area contributed by atoms with Gasteiger partial charge in [0.1, 0.15) is 0 Å². The van der Waals surface area contributed by atoms with Crippen LogP contribution in [-0.4, -0.2) is 65.9 Å². The van der Waals surface area contributed by atoms with Crippen molar-refractivity contribution in [1.82, 2.24) is 24.9 Å². The molecule has 1 N–H and O–H groups in total. The molecule has 5 heteroatoms. The number of nitrogens with zero attached hydrogens (tertiary/aromatic N) is 4. The van der Waals surface area contributed by atoms with E-state index in [1.54, 1.807) is 0 Å². The van der Waals surface area contributed by atoms with Crippen molar-refractivity contribution in [1.29, 1.82) is 0 Å². The van der Waals surface area contributed by atoms with Gasteiger partial charge in [-0.1, -0.05) is 6.92 Å². The zero-order valence-electron chi connectivity index (χ0n) is 12.7. The second kappa shape index (κ2) is 6.50. The molecule has 2 rings (SSSR count). The molecule has 1 fully saturated rings. The van der Waals surface area contributed by atoms with Crippen molar-refractivity contribution in [2.24, 2.45) is 7.05 Å². The highest BCUT2D eigenvalue weighted by molar-refractivity contribution is 5.16. The molecule has 0 amide bonds. The van der Waals surface area contributed by atoms with Crippen LogP contribution in [0.2, 0.25) is 0 Å². The van der Waals surface area contributed by atoms with Gasteiger partial charge < -0.3 is 10.2 Å². The summed E-state index contributed by atoms with van der Waals surface area (Å²) in [7, 11) is 6.42. The summed E-state index contributed by atoms with van der Waals surface area (Å²) >= 11 is 0. The molecule has 1 atom stereocenters. The van der Waals surface area contributed by atoms with E-state index in [1.807, 2.05) is 11.7 Å². The summed E-state index contributed by atoms with van der Waals surface area (Å²) in [6.45, 7) is 7.61. The zero-order chi connectivity index (χ0) is 13.8. The molecule has 108 valence electrons. The predicted molar refractivity (Wildman–Crippen MR) is 78.2 cm³/mol. The van der Waals surface area contributed by atoms with Crippen LogP contribution >= 0.6 is 0 Å². The largest absolute Gasteiger partial charge is 0.311 e. The van der Waals surface area contributed by atoms with Crippen LogP contribution in [0.25, 0.3) is 0 Å². The summed E-state index contributed by atoms with van der Waals surface area (Å²) in [5, 5.41) is 8.07. The van der Waals surface area contributed by atoms with E-state index in [0.717, 1.165) is 32.6 Å². The highest BCUT2D eigenvalue weighted by Gasteiger charge is 2.21. The van der Waals surface area contributed by atoms with Gasteiger partial charge in [0.15, 0.2) is 0 Å². The van der Waals surface area contributed by atoms with Crippen LogP contribution in [0.3, 0.4) is 0 Å². The second-order valence-corrected chi connectivity index (χ2v) is 5.66. The summed E-state index contributed by atoms with van der Waals surface area (Å²) < 4.78 is 1.91. The number of nitrogens with one attached hydrogen (secondary N) is 1. The first kappa shape index (κ1) is 14.5. The van der Waals surface area contributed by atoms with Crippen LogP contribution in [0, 0.1) is 0 Å². The molecule has 0 spiro atoms. The van der Waals surface area contributed by atoms with Gasteiger partial charge in [0.2, 0.25) is 0 Å². The van der Waals surface area contributed by atoms with E-state index in [9.17, 15) is 0 Å². The number of piperazine rings is 1. The van der Waals surface area contributed by atoms with E-state index in [1.165, 1.54) is 17.8 Å². The van der Waals surface area contributed by atoms with Crippen molar-refractivity contribution < 1.29 is 0 Å². The predicted octanol–water partition coefficient (Wildman–Crippen LogP) is 0.318. The third kappa shape index (κ3) is 3.78. The molecular formula is C14H27N5. The Morgan fingerprint density at radius 1 is 1.32 bits per heavy atom. The average molecular weight is 265 g/mol. The number of aryl methyl sites for hydroxylation is 2. The van der Waals surface area contributed by atoms with Crippen LogP contribution in [-0.2, 0) is 20.0 Å². The van der Waals surface area contributed by atoms with Gasteiger partial charge in [-0.05, 0) is 20.5 Å². The molecule has 19 heavy (non-hydrogen) atoms. The lowest BCUT2D eigenvalue weighted by atomic mass is 10.1. The van der Waals surface area contributed by atoms with E-state index in [2.05, 4.69) is 47.4 Å². The second-order valence-electron chi connectivity index (χ2n) is 5.66. The minimum Gasteiger partial charge on any atom is -0.311 e. The Morgan fingerprint density at radius 2 is 2.11 bits per heavy atom. The van der Waals surface area contributed by atoms with Gasteiger partial charge in [-0.2, -0.15) is 5.10 Å². The highest BCUT2D eigenvalue weighted by Crippen LogP contribution is 2.08. The molecule has 0 radical (unpaired) electrons. The van der Waals surface area contributed by atoms with Gasteiger partial charge in [-0.15, -0.1) is 0 Å². The lowest BCUT2D eigenvalue weighted by Gasteiger charge is -2.37. The standard InChI is InChI=1S/C14H27N5/c1-5-14-12(10-19(4)16-14)8-15-9-13-11-17(2)6-7-18(13)3/h10,13,15H,5-9,11H2,1-4H3. The first-order chi connectivity index (χ1) is 9.10. The SMILES string of the molecule is CCc1nn(C)cc1CNCC1CN(C)CCN1C. The molecule has 0 bridgehead atoms. The Balaban J connectivity index is 1.82. The molecule has 1 unspecified atom stereocenters. The van der Waals surface area contributed by atoms with Crippen LogP contribution < -0.4 is 5.32 Å². The molecule has 2 heterocycles. The number of hydrogen-bond donors (Lipinski definition) is 1. The molecule has 1 aromatic rings. The lowest BCUT2D eigenvalue weighted by Crippen LogP contribution is -2.53. The van der Waals surface area contributed by atoms with Gasteiger partial charge >= 0.3 is 0 Å². The fourth-order valence-corrected chi connectivity index (χ4v) is 2.72. The summed E-state index contributed by atoms with van der Waals surface area (Å²) in [6.07, 6.45) is 3.13. The maximum Gasteiger partial charge on any atom is 0.0666 e. The third-order valence-electron chi connectivity index (χ3n) is 4.00. The van der Waals surface area contributed by atoms with Crippen LogP contribution in [0.4, 0.5) is 0 Å². The molecule has 0 aliphatic carbocycles. The van der Waals surface area contributed by atoms with Crippen molar-refractivity contribution in [2.45, 2.75) is 25.9 Å². The fraction of sp³-hybridized carbons (Fsp3) is 0.786. The Morgan fingerprint density at radius 3 is 2.84 bits per heavy atom. The summed E-state index contributed by atoms with van der Waals surface area (Å²) in [4.78, 5) is 4.87. The van der Waals surface area contributed by atoms with Crippen molar-refractivity contribution in [3.8, 4) is 0 Å². The van der Waals surface area contributed by atoms with E-state index in [4.69, 9.17) is 0 Å². The van der Waals surface area contributed by atoms with Gasteiger partial charge in [0.05, 0.1) is 5.69 Å². The third-order valence-corrected chi connectivity index (χ3v) is 4.00. The van der Waals surface area contributed by atoms with Crippen molar-refractivity contribution >= 4 is 0 Å². The number of hydrogen-bond acceptors (Lipinski definition) is 4. The van der Waals surface area contributed by atoms with Gasteiger partial charge in [-0.25, -0.2) is 0 Å². The van der Waals surface area contributed by atoms with Crippen LogP contribution in [0.15, 0.2) is 6.20 Å². The lowest BCUT2D eigenvalue weighted by molar-refractivity contribution is 0.113.